The Kier molecular flexibility index (Phi) is 6.60. The predicted octanol–water partition coefficient (Wildman–Crippen LogP) is -0.0357. The smallest absolute Gasteiger partial charge is 0.352 e. The van der Waals surface area contributed by atoms with Crippen molar-refractivity contribution in [3.8, 4) is 0 Å². The first-order valence-corrected chi connectivity index (χ1v) is 10.8. The Balaban J connectivity index is 1.57. The van der Waals surface area contributed by atoms with Crippen LogP contribution in [-0.2, 0) is 30.3 Å². The van der Waals surface area contributed by atoms with Gasteiger partial charge in [-0.3, -0.25) is 14.5 Å². The zero-order valence-corrected chi connectivity index (χ0v) is 16.6. The number of thioether (sulfide) groups is 1. The Morgan fingerprint density at radius 1 is 1.50 bits per heavy atom. The van der Waals surface area contributed by atoms with Crippen LogP contribution in [0.1, 0.15) is 6.42 Å². The molecule has 0 aromatic carbocycles. The summed E-state index contributed by atoms with van der Waals surface area (Å²) in [5.74, 6) is -1.58. The number of hydrogen-bond acceptors (Lipinski definition) is 7. The molecule has 0 saturated carbocycles. The van der Waals surface area contributed by atoms with E-state index in [4.69, 9.17) is 4.74 Å². The Morgan fingerprint density at radius 3 is 2.93 bits per heavy atom. The van der Waals surface area contributed by atoms with Gasteiger partial charge >= 0.3 is 5.97 Å². The number of β-lactam (4-membered cyclic amide) rings is 1. The molecule has 2 unspecified atom stereocenters. The van der Waals surface area contributed by atoms with Gasteiger partial charge in [-0.25, -0.2) is 9.78 Å². The lowest BCUT2D eigenvalue weighted by Gasteiger charge is -2.49. The third-order valence-corrected chi connectivity index (χ3v) is 6.89. The maximum atomic E-state index is 12.4. The molecule has 3 rings (SSSR count). The fourth-order valence-corrected chi connectivity index (χ4v) is 5.30. The molecule has 9 nitrogen and oxygen atoms in total. The van der Waals surface area contributed by atoms with Gasteiger partial charge in [0.1, 0.15) is 22.9 Å². The van der Waals surface area contributed by atoms with E-state index in [1.807, 2.05) is 0 Å². The van der Waals surface area contributed by atoms with Crippen molar-refractivity contribution < 1.29 is 28.8 Å². The van der Waals surface area contributed by atoms with Crippen LogP contribution in [-0.4, -0.2) is 74.0 Å². The summed E-state index contributed by atoms with van der Waals surface area (Å²) in [5.41, 5.74) is 0.456. The summed E-state index contributed by atoms with van der Waals surface area (Å²) in [5, 5.41) is 12.0. The molecule has 2 amide bonds. The molecule has 0 spiro atoms. The maximum Gasteiger partial charge on any atom is 0.352 e. The standard InChI is InChI=1S/C17H19N3O6S2/c1-26-8-10-9-27-16-13(15(22)20(16)14(10)17(23)24)19-11(21)5-7-28(25)12-4-2-3-6-18-12/h2-4,6,13,16H,5,7-9H2,1H3,(H,19,21)(H,23,24)/t13?,16-,28?/m0/s1. The molecule has 1 aromatic heterocycles. The van der Waals surface area contributed by atoms with Crippen LogP contribution < -0.4 is 5.32 Å². The Hall–Kier alpha value is -2.08. The number of fused-ring (bicyclic) bond motifs is 1. The van der Waals surface area contributed by atoms with Gasteiger partial charge < -0.3 is 19.7 Å². The second kappa shape index (κ2) is 8.95. The monoisotopic (exact) mass is 425 g/mol. The predicted molar refractivity (Wildman–Crippen MR) is 102 cm³/mol. The number of carbonyl (C=O) groups is 3. The first-order valence-electron chi connectivity index (χ1n) is 8.41. The Labute approximate surface area is 168 Å². The topological polar surface area (TPSA) is 132 Å². The van der Waals surface area contributed by atoms with Crippen molar-refractivity contribution in [1.82, 2.24) is 15.2 Å². The van der Waals surface area contributed by atoms with E-state index in [-0.39, 0.29) is 24.5 Å². The van der Waals surface area contributed by atoms with Crippen LogP contribution in [0, 0.1) is 0 Å². The van der Waals surface area contributed by atoms with E-state index in [9.17, 15) is 24.0 Å². The van der Waals surface area contributed by atoms with Crippen molar-refractivity contribution in [3.63, 3.8) is 0 Å². The first-order chi connectivity index (χ1) is 13.4. The van der Waals surface area contributed by atoms with Crippen molar-refractivity contribution in [1.29, 1.82) is 0 Å². The number of amides is 2. The minimum Gasteiger partial charge on any atom is -0.610 e. The van der Waals surface area contributed by atoms with Gasteiger partial charge in [0.15, 0.2) is 0 Å². The van der Waals surface area contributed by atoms with E-state index in [1.165, 1.54) is 30.0 Å². The van der Waals surface area contributed by atoms with E-state index in [0.717, 1.165) is 0 Å². The summed E-state index contributed by atoms with van der Waals surface area (Å²) >= 11 is -0.0336. The van der Waals surface area contributed by atoms with Crippen LogP contribution in [0.25, 0.3) is 0 Å². The molecule has 3 heterocycles. The normalized spacial score (nSPS) is 22.4. The highest BCUT2D eigenvalue weighted by Gasteiger charge is 2.54. The molecular formula is C17H19N3O6S2. The number of aliphatic carboxylic acids is 1. The van der Waals surface area contributed by atoms with Crippen LogP contribution >= 0.6 is 11.8 Å². The quantitative estimate of drug-likeness (QED) is 0.438. The lowest BCUT2D eigenvalue weighted by Crippen LogP contribution is -2.70. The zero-order chi connectivity index (χ0) is 20.3. The number of aromatic nitrogens is 1. The minimum atomic E-state index is -1.41. The lowest BCUT2D eigenvalue weighted by atomic mass is 10.0. The number of carboxylic acid groups (broad SMARTS) is 1. The van der Waals surface area contributed by atoms with E-state index in [1.54, 1.807) is 18.2 Å². The van der Waals surface area contributed by atoms with E-state index >= 15 is 0 Å². The van der Waals surface area contributed by atoms with Gasteiger partial charge in [0.05, 0.1) is 13.0 Å². The van der Waals surface area contributed by atoms with E-state index in [2.05, 4.69) is 10.3 Å². The van der Waals surface area contributed by atoms with Crippen LogP contribution in [0.4, 0.5) is 0 Å². The van der Waals surface area contributed by atoms with Crippen molar-refractivity contribution in [2.45, 2.75) is 22.9 Å². The van der Waals surface area contributed by atoms with Crippen molar-refractivity contribution in [3.05, 3.63) is 35.7 Å². The second-order valence-electron chi connectivity index (χ2n) is 6.11. The Bertz CT molecular complexity index is 803. The minimum absolute atomic E-state index is 0.0269. The fraction of sp³-hybridized carbons (Fsp3) is 0.412. The molecule has 0 bridgehead atoms. The number of rotatable bonds is 8. The van der Waals surface area contributed by atoms with Crippen molar-refractivity contribution in [2.75, 3.05) is 25.2 Å². The highest BCUT2D eigenvalue weighted by molar-refractivity contribution is 8.00. The highest BCUT2D eigenvalue weighted by atomic mass is 32.2. The van der Waals surface area contributed by atoms with Crippen molar-refractivity contribution >= 4 is 40.7 Å². The average Bonchev–Trinajstić information content (AvgIpc) is 2.70. The van der Waals surface area contributed by atoms with Gasteiger partial charge in [-0.05, 0) is 11.6 Å². The van der Waals surface area contributed by atoms with Gasteiger partial charge in [-0.1, -0.05) is 6.07 Å². The van der Waals surface area contributed by atoms with Gasteiger partial charge in [0.25, 0.3) is 5.91 Å². The number of methoxy groups -OCH3 is 1. The number of nitrogens with zero attached hydrogens (tertiary/aromatic N) is 2. The summed E-state index contributed by atoms with van der Waals surface area (Å²) in [7, 11) is 1.46. The SMILES string of the molecule is COCC1=C(C(=O)O)N2C(=O)C(NC(=O)CC[S+]([O-])c3ccccn3)[C@@H]2SC1. The molecule has 2 N–H and O–H groups in total. The number of ether oxygens (including phenoxy) is 1. The molecule has 2 aliphatic rings. The lowest BCUT2D eigenvalue weighted by molar-refractivity contribution is -0.150. The summed E-state index contributed by atoms with van der Waals surface area (Å²) in [6.45, 7) is 0.126. The molecule has 11 heteroatoms. The van der Waals surface area contributed by atoms with E-state index < -0.39 is 40.4 Å². The largest absolute Gasteiger partial charge is 0.610 e. The molecule has 0 aliphatic carbocycles. The molecule has 2 aliphatic heterocycles. The van der Waals surface area contributed by atoms with Crippen LogP contribution in [0.5, 0.6) is 0 Å². The van der Waals surface area contributed by atoms with Gasteiger partial charge in [-0.2, -0.15) is 0 Å². The Morgan fingerprint density at radius 2 is 2.29 bits per heavy atom. The molecule has 1 fully saturated rings. The number of carbonyl (C=O) groups excluding carboxylic acids is 2. The van der Waals surface area contributed by atoms with Crippen LogP contribution in [0.2, 0.25) is 0 Å². The van der Waals surface area contributed by atoms with Gasteiger partial charge in [0, 0.05) is 36.3 Å². The first kappa shape index (κ1) is 20.6. The average molecular weight is 425 g/mol. The molecule has 1 aromatic rings. The summed E-state index contributed by atoms with van der Waals surface area (Å²) in [6.07, 6.45) is 1.50. The van der Waals surface area contributed by atoms with Gasteiger partial charge in [0.2, 0.25) is 10.9 Å². The molecule has 3 atom stereocenters. The third-order valence-electron chi connectivity index (χ3n) is 4.27. The van der Waals surface area contributed by atoms with E-state index in [0.29, 0.717) is 16.4 Å². The number of pyridine rings is 1. The van der Waals surface area contributed by atoms with Crippen LogP contribution in [0.3, 0.4) is 0 Å². The molecular weight excluding hydrogens is 406 g/mol. The molecule has 28 heavy (non-hydrogen) atoms. The van der Waals surface area contributed by atoms with Crippen molar-refractivity contribution in [2.24, 2.45) is 0 Å². The molecule has 150 valence electrons. The second-order valence-corrected chi connectivity index (χ2v) is 8.74. The molecule has 0 radical (unpaired) electrons. The number of carboxylic acids is 1. The fourth-order valence-electron chi connectivity index (χ4n) is 2.99. The third kappa shape index (κ3) is 4.17. The summed E-state index contributed by atoms with van der Waals surface area (Å²) in [6, 6.07) is 4.26. The maximum absolute atomic E-state index is 12.4. The summed E-state index contributed by atoms with van der Waals surface area (Å²) in [4.78, 5) is 41.4. The zero-order valence-electron chi connectivity index (χ0n) is 15.0. The highest BCUT2D eigenvalue weighted by Crippen LogP contribution is 2.40. The number of nitrogens with one attached hydrogen (secondary N) is 1. The summed E-state index contributed by atoms with van der Waals surface area (Å²) < 4.78 is 17.1. The van der Waals surface area contributed by atoms with Crippen LogP contribution in [0.15, 0.2) is 40.7 Å². The molecule has 1 saturated heterocycles. The number of hydrogen-bond donors (Lipinski definition) is 2. The van der Waals surface area contributed by atoms with Gasteiger partial charge in [-0.15, -0.1) is 11.8 Å².